The first-order valence-electron chi connectivity index (χ1n) is 9.66. The number of rotatable bonds is 6. The molecule has 166 valence electrons. The predicted molar refractivity (Wildman–Crippen MR) is 117 cm³/mol. The maximum absolute atomic E-state index is 12.6. The fourth-order valence-electron chi connectivity index (χ4n) is 3.42. The van der Waals surface area contributed by atoms with E-state index in [2.05, 4.69) is 20.2 Å². The van der Waals surface area contributed by atoms with Crippen LogP contribution in [0.25, 0.3) is 0 Å². The molecule has 0 aromatic carbocycles. The molecule has 0 saturated carbocycles. The van der Waals surface area contributed by atoms with Crippen molar-refractivity contribution in [2.24, 2.45) is 4.99 Å². The van der Waals surface area contributed by atoms with Crippen LogP contribution in [0.15, 0.2) is 10.4 Å². The Bertz CT molecular complexity index is 645. The summed E-state index contributed by atoms with van der Waals surface area (Å²) in [7, 11) is 1.72. The van der Waals surface area contributed by atoms with Crippen molar-refractivity contribution in [3.05, 3.63) is 16.1 Å². The van der Waals surface area contributed by atoms with E-state index in [9.17, 15) is 13.2 Å². The number of likely N-dealkylation sites (tertiary alicyclic amines) is 1. The Kier molecular flexibility index (Phi) is 9.89. The minimum Gasteiger partial charge on any atom is -0.376 e. The lowest BCUT2D eigenvalue weighted by atomic mass is 10.1. The van der Waals surface area contributed by atoms with E-state index in [-0.39, 0.29) is 36.2 Å². The lowest BCUT2D eigenvalue weighted by Gasteiger charge is -2.34. The Balaban J connectivity index is 0.00000300. The van der Waals surface area contributed by atoms with Crippen LogP contribution in [0.3, 0.4) is 0 Å². The van der Waals surface area contributed by atoms with E-state index >= 15 is 0 Å². The molecule has 0 bridgehead atoms. The summed E-state index contributed by atoms with van der Waals surface area (Å²) >= 11 is 1.04. The highest BCUT2D eigenvalue weighted by molar-refractivity contribution is 14.0. The summed E-state index contributed by atoms with van der Waals surface area (Å²) in [6.45, 7) is 3.68. The maximum Gasteiger partial charge on any atom is 0.434 e. The second-order valence-corrected chi connectivity index (χ2v) is 7.95. The van der Waals surface area contributed by atoms with Crippen LogP contribution in [0.5, 0.6) is 0 Å². The largest absolute Gasteiger partial charge is 0.434 e. The molecule has 1 atom stereocenters. The van der Waals surface area contributed by atoms with Gasteiger partial charge in [0.25, 0.3) is 0 Å². The van der Waals surface area contributed by atoms with Crippen molar-refractivity contribution in [2.75, 3.05) is 39.9 Å². The second kappa shape index (κ2) is 11.7. The number of halogens is 4. The third kappa shape index (κ3) is 7.51. The molecule has 0 spiro atoms. The average Bonchev–Trinajstić information content (AvgIpc) is 3.36. The molecule has 0 aliphatic carbocycles. The highest BCUT2D eigenvalue weighted by atomic mass is 127. The fourth-order valence-corrected chi connectivity index (χ4v) is 4.23. The number of hydrogen-bond acceptors (Lipinski definition) is 5. The Hall–Kier alpha value is -0.660. The van der Waals surface area contributed by atoms with Gasteiger partial charge in [-0.1, -0.05) is 0 Å². The lowest BCUT2D eigenvalue weighted by molar-refractivity contribution is -0.140. The molecule has 1 aromatic heterocycles. The number of nitrogens with one attached hydrogen (secondary N) is 1. The van der Waals surface area contributed by atoms with Crippen molar-refractivity contribution in [3.8, 4) is 0 Å². The van der Waals surface area contributed by atoms with Crippen molar-refractivity contribution in [1.82, 2.24) is 15.2 Å². The summed E-state index contributed by atoms with van der Waals surface area (Å²) in [6.07, 6.45) is 0.594. The van der Waals surface area contributed by atoms with Gasteiger partial charge in [-0.2, -0.15) is 13.2 Å². The molecule has 3 rings (SSSR count). The molecular weight excluding hydrogens is 520 g/mol. The van der Waals surface area contributed by atoms with Crippen molar-refractivity contribution < 1.29 is 22.6 Å². The Morgan fingerprint density at radius 1 is 1.38 bits per heavy atom. The predicted octanol–water partition coefficient (Wildman–Crippen LogP) is 3.56. The van der Waals surface area contributed by atoms with Crippen LogP contribution < -0.4 is 5.32 Å². The minimum atomic E-state index is -4.38. The molecule has 6 nitrogen and oxygen atoms in total. The highest BCUT2D eigenvalue weighted by Gasteiger charge is 2.33. The molecule has 1 N–H and O–H groups in total. The van der Waals surface area contributed by atoms with E-state index in [1.165, 1.54) is 0 Å². The van der Waals surface area contributed by atoms with E-state index in [0.29, 0.717) is 24.6 Å². The molecule has 0 amide bonds. The van der Waals surface area contributed by atoms with Gasteiger partial charge in [0.2, 0.25) is 0 Å². The fraction of sp³-hybridized carbons (Fsp3) is 0.778. The number of piperidine rings is 1. The van der Waals surface area contributed by atoms with Gasteiger partial charge in [-0.3, -0.25) is 4.99 Å². The third-order valence-corrected chi connectivity index (χ3v) is 5.87. The Morgan fingerprint density at radius 3 is 2.72 bits per heavy atom. The van der Waals surface area contributed by atoms with Gasteiger partial charge < -0.3 is 19.7 Å². The number of guanidine groups is 1. The van der Waals surface area contributed by atoms with Gasteiger partial charge in [0, 0.05) is 45.1 Å². The molecular formula is C18H28F3IN4O2S. The Morgan fingerprint density at radius 2 is 2.14 bits per heavy atom. The SMILES string of the molecule is CN=C(NCCc1nc(C(F)(F)F)cs1)N1CCC(OCC2CCCO2)CC1.I. The van der Waals surface area contributed by atoms with Crippen molar-refractivity contribution >= 4 is 41.3 Å². The van der Waals surface area contributed by atoms with Gasteiger partial charge in [0.05, 0.1) is 23.8 Å². The van der Waals surface area contributed by atoms with E-state index in [1.807, 2.05) is 0 Å². The van der Waals surface area contributed by atoms with E-state index in [1.54, 1.807) is 7.05 Å². The quantitative estimate of drug-likeness (QED) is 0.335. The lowest BCUT2D eigenvalue weighted by Crippen LogP contribution is -2.47. The van der Waals surface area contributed by atoms with E-state index < -0.39 is 11.9 Å². The van der Waals surface area contributed by atoms with Gasteiger partial charge in [0.1, 0.15) is 0 Å². The molecule has 2 saturated heterocycles. The molecule has 2 fully saturated rings. The number of ether oxygens (including phenoxy) is 2. The molecule has 2 aliphatic heterocycles. The number of nitrogens with zero attached hydrogens (tertiary/aromatic N) is 3. The average molecular weight is 548 g/mol. The summed E-state index contributed by atoms with van der Waals surface area (Å²) in [5, 5.41) is 4.76. The summed E-state index contributed by atoms with van der Waals surface area (Å²) in [4.78, 5) is 10.1. The minimum absolute atomic E-state index is 0. The standard InChI is InChI=1S/C18H27F3N4O2S.HI/c1-22-17(23-7-4-16-24-15(12-28-16)18(19,20)21)25-8-5-13(6-9-25)27-11-14-3-2-10-26-14;/h12-14H,2-11H2,1H3,(H,22,23);1H. The zero-order chi connectivity index (χ0) is 20.0. The first kappa shape index (κ1) is 24.6. The first-order valence-corrected chi connectivity index (χ1v) is 10.5. The van der Waals surface area contributed by atoms with Gasteiger partial charge in [0.15, 0.2) is 11.7 Å². The number of hydrogen-bond donors (Lipinski definition) is 1. The maximum atomic E-state index is 12.6. The number of aliphatic imine (C=N–C) groups is 1. The summed E-state index contributed by atoms with van der Waals surface area (Å²) in [5.41, 5.74) is -0.818. The molecule has 11 heteroatoms. The number of thiazole rings is 1. The molecule has 3 heterocycles. The second-order valence-electron chi connectivity index (χ2n) is 7.00. The molecule has 2 aliphatic rings. The van der Waals surface area contributed by atoms with Crippen LogP contribution in [0.4, 0.5) is 13.2 Å². The molecule has 0 radical (unpaired) electrons. The molecule has 1 aromatic rings. The number of alkyl halides is 3. The zero-order valence-electron chi connectivity index (χ0n) is 16.4. The van der Waals surface area contributed by atoms with Gasteiger partial charge >= 0.3 is 6.18 Å². The third-order valence-electron chi connectivity index (χ3n) is 4.96. The van der Waals surface area contributed by atoms with E-state index in [4.69, 9.17) is 9.47 Å². The number of aromatic nitrogens is 1. The van der Waals surface area contributed by atoms with Crippen molar-refractivity contribution in [1.29, 1.82) is 0 Å². The normalized spacial score (nSPS) is 21.3. The van der Waals surface area contributed by atoms with Crippen LogP contribution in [0, 0.1) is 0 Å². The monoisotopic (exact) mass is 548 g/mol. The van der Waals surface area contributed by atoms with Gasteiger partial charge in [-0.05, 0) is 25.7 Å². The Labute approximate surface area is 190 Å². The molecule has 29 heavy (non-hydrogen) atoms. The summed E-state index contributed by atoms with van der Waals surface area (Å²) < 4.78 is 49.4. The van der Waals surface area contributed by atoms with Crippen LogP contribution >= 0.6 is 35.3 Å². The summed E-state index contributed by atoms with van der Waals surface area (Å²) in [5.74, 6) is 0.769. The van der Waals surface area contributed by atoms with Crippen LogP contribution in [-0.4, -0.2) is 67.9 Å². The van der Waals surface area contributed by atoms with E-state index in [0.717, 1.165) is 68.1 Å². The first-order chi connectivity index (χ1) is 13.5. The smallest absolute Gasteiger partial charge is 0.376 e. The van der Waals surface area contributed by atoms with Crippen LogP contribution in [0.2, 0.25) is 0 Å². The summed E-state index contributed by atoms with van der Waals surface area (Å²) in [6, 6.07) is 0. The highest BCUT2D eigenvalue weighted by Crippen LogP contribution is 2.30. The molecule has 1 unspecified atom stereocenters. The van der Waals surface area contributed by atoms with Crippen molar-refractivity contribution in [2.45, 2.75) is 50.5 Å². The van der Waals surface area contributed by atoms with Crippen LogP contribution in [-0.2, 0) is 22.1 Å². The topological polar surface area (TPSA) is 59.0 Å². The van der Waals surface area contributed by atoms with Gasteiger partial charge in [-0.25, -0.2) is 4.98 Å². The van der Waals surface area contributed by atoms with Crippen molar-refractivity contribution in [3.63, 3.8) is 0 Å². The van der Waals surface area contributed by atoms with Gasteiger partial charge in [-0.15, -0.1) is 35.3 Å². The zero-order valence-corrected chi connectivity index (χ0v) is 19.6. The van der Waals surface area contributed by atoms with Crippen LogP contribution in [0.1, 0.15) is 36.4 Å².